The molecule has 0 aliphatic carbocycles. The predicted octanol–water partition coefficient (Wildman–Crippen LogP) is 3.80. The number of hydrazine groups is 1. The Kier molecular flexibility index (Phi) is 4.64. The van der Waals surface area contributed by atoms with Crippen LogP contribution in [0.1, 0.15) is 68.6 Å². The quantitative estimate of drug-likeness (QED) is 0.913. The topological polar surface area (TPSA) is 28.2 Å². The van der Waals surface area contributed by atoms with Crippen LogP contribution >= 0.6 is 11.3 Å². The number of aryl methyl sites for hydroxylation is 1. The van der Waals surface area contributed by atoms with Gasteiger partial charge in [0, 0.05) is 23.4 Å². The molecule has 1 aromatic rings. The maximum absolute atomic E-state index is 4.76. The summed E-state index contributed by atoms with van der Waals surface area (Å²) in [6.45, 7) is 13.4. The van der Waals surface area contributed by atoms with E-state index in [1.807, 2.05) is 11.3 Å². The second kappa shape index (κ2) is 5.90. The molecule has 1 N–H and O–H groups in total. The summed E-state index contributed by atoms with van der Waals surface area (Å²) < 4.78 is 0. The summed E-state index contributed by atoms with van der Waals surface area (Å²) in [6.07, 6.45) is 4.00. The second-order valence-electron chi connectivity index (χ2n) is 6.62. The standard InChI is InChI=1S/C15H27N3S/c1-11-13(19-14(16-11)15(3,4)5)12(2)17-18-9-7-6-8-10-18/h12,17H,6-10H2,1-5H3. The molecular weight excluding hydrogens is 254 g/mol. The fraction of sp³-hybridized carbons (Fsp3) is 0.800. The Hall–Kier alpha value is -0.450. The minimum atomic E-state index is 0.151. The summed E-state index contributed by atoms with van der Waals surface area (Å²) in [5.41, 5.74) is 4.98. The molecule has 2 rings (SSSR count). The molecule has 108 valence electrons. The van der Waals surface area contributed by atoms with Crippen LogP contribution in [0, 0.1) is 6.92 Å². The molecule has 1 aromatic heterocycles. The number of nitrogens with one attached hydrogen (secondary N) is 1. The normalized spacial score (nSPS) is 19.6. The van der Waals surface area contributed by atoms with E-state index in [1.165, 1.54) is 47.9 Å². The second-order valence-corrected chi connectivity index (χ2v) is 7.65. The number of aromatic nitrogens is 1. The Balaban J connectivity index is 2.06. The van der Waals surface area contributed by atoms with E-state index in [2.05, 4.69) is 45.1 Å². The first-order chi connectivity index (χ1) is 8.88. The average Bonchev–Trinajstić information content (AvgIpc) is 2.72. The van der Waals surface area contributed by atoms with Crippen molar-refractivity contribution in [2.75, 3.05) is 13.1 Å². The maximum Gasteiger partial charge on any atom is 0.0985 e. The summed E-state index contributed by atoms with van der Waals surface area (Å²) in [7, 11) is 0. The third kappa shape index (κ3) is 3.77. The summed E-state index contributed by atoms with van der Waals surface area (Å²) >= 11 is 1.86. The van der Waals surface area contributed by atoms with Crippen LogP contribution in [-0.4, -0.2) is 23.1 Å². The van der Waals surface area contributed by atoms with Crippen LogP contribution in [0.15, 0.2) is 0 Å². The van der Waals surface area contributed by atoms with Gasteiger partial charge in [0.05, 0.1) is 16.7 Å². The summed E-state index contributed by atoms with van der Waals surface area (Å²) in [5, 5.41) is 3.62. The fourth-order valence-corrected chi connectivity index (χ4v) is 3.61. The first-order valence-electron chi connectivity index (χ1n) is 7.37. The third-order valence-corrected chi connectivity index (χ3v) is 5.37. The van der Waals surface area contributed by atoms with E-state index in [0.717, 1.165) is 0 Å². The van der Waals surface area contributed by atoms with Gasteiger partial charge in [0.15, 0.2) is 0 Å². The van der Waals surface area contributed by atoms with Gasteiger partial charge in [0.25, 0.3) is 0 Å². The predicted molar refractivity (Wildman–Crippen MR) is 82.5 cm³/mol. The molecule has 1 unspecified atom stereocenters. The number of hydrogen-bond donors (Lipinski definition) is 1. The molecular formula is C15H27N3S. The molecule has 0 spiro atoms. The van der Waals surface area contributed by atoms with E-state index in [9.17, 15) is 0 Å². The van der Waals surface area contributed by atoms with Gasteiger partial charge in [-0.05, 0) is 26.7 Å². The van der Waals surface area contributed by atoms with Crippen LogP contribution in [0.25, 0.3) is 0 Å². The van der Waals surface area contributed by atoms with Gasteiger partial charge in [-0.1, -0.05) is 27.2 Å². The molecule has 0 radical (unpaired) electrons. The van der Waals surface area contributed by atoms with Gasteiger partial charge < -0.3 is 0 Å². The molecule has 1 fully saturated rings. The van der Waals surface area contributed by atoms with Gasteiger partial charge in [-0.25, -0.2) is 15.4 Å². The molecule has 0 aromatic carbocycles. The largest absolute Gasteiger partial charge is 0.247 e. The van der Waals surface area contributed by atoms with Gasteiger partial charge in [-0.3, -0.25) is 0 Å². The molecule has 3 nitrogen and oxygen atoms in total. The van der Waals surface area contributed by atoms with Crippen LogP contribution in [-0.2, 0) is 5.41 Å². The van der Waals surface area contributed by atoms with Crippen molar-refractivity contribution in [1.82, 2.24) is 15.4 Å². The van der Waals surface area contributed by atoms with Crippen LogP contribution in [0.5, 0.6) is 0 Å². The van der Waals surface area contributed by atoms with E-state index in [-0.39, 0.29) is 5.41 Å². The molecule has 1 atom stereocenters. The van der Waals surface area contributed by atoms with Crippen molar-refractivity contribution in [3.05, 3.63) is 15.6 Å². The van der Waals surface area contributed by atoms with E-state index in [0.29, 0.717) is 6.04 Å². The lowest BCUT2D eigenvalue weighted by molar-refractivity contribution is 0.134. The Labute approximate surface area is 121 Å². The Morgan fingerprint density at radius 2 is 1.84 bits per heavy atom. The number of thiazole rings is 1. The monoisotopic (exact) mass is 281 g/mol. The highest BCUT2D eigenvalue weighted by molar-refractivity contribution is 7.12. The van der Waals surface area contributed by atoms with Gasteiger partial charge in [0.2, 0.25) is 0 Å². The lowest BCUT2D eigenvalue weighted by atomic mass is 9.98. The van der Waals surface area contributed by atoms with Crippen molar-refractivity contribution < 1.29 is 0 Å². The molecule has 1 aliphatic rings. The van der Waals surface area contributed by atoms with Crippen molar-refractivity contribution in [2.24, 2.45) is 0 Å². The van der Waals surface area contributed by atoms with E-state index in [1.54, 1.807) is 0 Å². The van der Waals surface area contributed by atoms with Gasteiger partial charge >= 0.3 is 0 Å². The Bertz CT molecular complexity index is 414. The highest BCUT2D eigenvalue weighted by Gasteiger charge is 2.23. The molecule has 4 heteroatoms. The van der Waals surface area contributed by atoms with Gasteiger partial charge in [0.1, 0.15) is 0 Å². The maximum atomic E-state index is 4.76. The lowest BCUT2D eigenvalue weighted by Gasteiger charge is -2.30. The smallest absolute Gasteiger partial charge is 0.0985 e. The zero-order chi connectivity index (χ0) is 14.0. The molecule has 0 amide bonds. The lowest BCUT2D eigenvalue weighted by Crippen LogP contribution is -2.42. The minimum Gasteiger partial charge on any atom is -0.247 e. The number of rotatable bonds is 3. The van der Waals surface area contributed by atoms with E-state index in [4.69, 9.17) is 4.98 Å². The van der Waals surface area contributed by atoms with Crippen molar-refractivity contribution in [3.63, 3.8) is 0 Å². The molecule has 1 saturated heterocycles. The number of nitrogens with zero attached hydrogens (tertiary/aromatic N) is 2. The van der Waals surface area contributed by atoms with Crippen LogP contribution < -0.4 is 5.43 Å². The van der Waals surface area contributed by atoms with E-state index >= 15 is 0 Å². The molecule has 1 aliphatic heterocycles. The van der Waals surface area contributed by atoms with E-state index < -0.39 is 0 Å². The SMILES string of the molecule is Cc1nc(C(C)(C)C)sc1C(C)NN1CCCCC1. The average molecular weight is 281 g/mol. The summed E-state index contributed by atoms with van der Waals surface area (Å²) in [6, 6.07) is 0.367. The summed E-state index contributed by atoms with van der Waals surface area (Å²) in [5.74, 6) is 0. The zero-order valence-corrected chi connectivity index (χ0v) is 13.7. The number of piperidine rings is 1. The Morgan fingerprint density at radius 3 is 2.37 bits per heavy atom. The van der Waals surface area contributed by atoms with Crippen molar-refractivity contribution >= 4 is 11.3 Å². The number of hydrogen-bond acceptors (Lipinski definition) is 4. The highest BCUT2D eigenvalue weighted by atomic mass is 32.1. The molecule has 19 heavy (non-hydrogen) atoms. The van der Waals surface area contributed by atoms with Crippen LogP contribution in [0.3, 0.4) is 0 Å². The molecule has 0 saturated carbocycles. The molecule has 2 heterocycles. The van der Waals surface area contributed by atoms with Crippen molar-refractivity contribution in [1.29, 1.82) is 0 Å². The van der Waals surface area contributed by atoms with Gasteiger partial charge in [-0.15, -0.1) is 11.3 Å². The molecule has 0 bridgehead atoms. The fourth-order valence-electron chi connectivity index (χ4n) is 2.49. The van der Waals surface area contributed by atoms with Gasteiger partial charge in [-0.2, -0.15) is 0 Å². The highest BCUT2D eigenvalue weighted by Crippen LogP contribution is 2.32. The van der Waals surface area contributed by atoms with Crippen LogP contribution in [0.4, 0.5) is 0 Å². The summed E-state index contributed by atoms with van der Waals surface area (Å²) in [4.78, 5) is 6.14. The third-order valence-electron chi connectivity index (χ3n) is 3.60. The first kappa shape index (κ1) is 14.9. The van der Waals surface area contributed by atoms with Crippen molar-refractivity contribution in [2.45, 2.75) is 65.3 Å². The Morgan fingerprint density at radius 1 is 1.21 bits per heavy atom. The van der Waals surface area contributed by atoms with Crippen molar-refractivity contribution in [3.8, 4) is 0 Å². The first-order valence-corrected chi connectivity index (χ1v) is 8.18. The zero-order valence-electron chi connectivity index (χ0n) is 12.9. The minimum absolute atomic E-state index is 0.151. The van der Waals surface area contributed by atoms with Crippen LogP contribution in [0.2, 0.25) is 0 Å².